The van der Waals surface area contributed by atoms with Crippen LogP contribution in [0.3, 0.4) is 0 Å². The molecule has 6 rings (SSSR count). The average molecular weight is 819 g/mol. The van der Waals surface area contributed by atoms with Crippen molar-refractivity contribution in [1.82, 2.24) is 9.66 Å². The molecule has 1 aromatic heterocycles. The highest BCUT2D eigenvalue weighted by atomic mass is 127. The lowest BCUT2D eigenvalue weighted by atomic mass is 9.96. The number of aryl methyl sites for hydroxylation is 1. The Kier molecular flexibility index (Phi) is 9.23. The Morgan fingerprint density at radius 2 is 1.60 bits per heavy atom. The average Bonchev–Trinajstić information content (AvgIpc) is 3.03. The van der Waals surface area contributed by atoms with Gasteiger partial charge in [-0.25, -0.2) is 4.98 Å². The molecule has 0 atom stereocenters. The van der Waals surface area contributed by atoms with Gasteiger partial charge >= 0.3 is 0 Å². The van der Waals surface area contributed by atoms with E-state index in [1.807, 2.05) is 49.4 Å². The third-order valence-corrected chi connectivity index (χ3v) is 9.39. The molecule has 0 radical (unpaired) electrons. The molecule has 0 saturated carbocycles. The van der Waals surface area contributed by atoms with Gasteiger partial charge in [0, 0.05) is 5.56 Å². The van der Waals surface area contributed by atoms with Gasteiger partial charge in [0.25, 0.3) is 5.56 Å². The van der Waals surface area contributed by atoms with Crippen molar-refractivity contribution in [3.8, 4) is 22.9 Å². The Hall–Kier alpha value is -3.77. The van der Waals surface area contributed by atoms with Crippen LogP contribution in [0, 0.1) is 14.1 Å². The van der Waals surface area contributed by atoms with Gasteiger partial charge in [-0.05, 0) is 127 Å². The second-order valence-corrected chi connectivity index (χ2v) is 13.4. The van der Waals surface area contributed by atoms with E-state index >= 15 is 0 Å². The molecule has 8 heteroatoms. The van der Waals surface area contributed by atoms with E-state index in [2.05, 4.69) is 101 Å². The van der Waals surface area contributed by atoms with Crippen LogP contribution in [0.4, 0.5) is 0 Å². The molecule has 0 aliphatic rings. The summed E-state index contributed by atoms with van der Waals surface area (Å²) in [6, 6.07) is 30.1. The number of benzene rings is 5. The molecule has 0 saturated heterocycles. The van der Waals surface area contributed by atoms with Crippen LogP contribution in [0.5, 0.6) is 11.5 Å². The zero-order valence-corrected chi connectivity index (χ0v) is 29.7. The topological polar surface area (TPSA) is 65.7 Å². The van der Waals surface area contributed by atoms with Gasteiger partial charge in [0.05, 0.1) is 31.4 Å². The summed E-state index contributed by atoms with van der Waals surface area (Å²) < 4.78 is 15.3. The minimum atomic E-state index is -0.229. The van der Waals surface area contributed by atoms with Gasteiger partial charge in [-0.3, -0.25) is 4.79 Å². The van der Waals surface area contributed by atoms with Crippen molar-refractivity contribution >= 4 is 73.1 Å². The Balaban J connectivity index is 1.38. The first-order valence-electron chi connectivity index (χ1n) is 14.6. The number of hydrogen-bond acceptors (Lipinski definition) is 5. The molecule has 1 heterocycles. The molecule has 0 amide bonds. The molecule has 0 fully saturated rings. The second-order valence-electron chi connectivity index (χ2n) is 11.1. The lowest BCUT2D eigenvalue weighted by Gasteiger charge is -2.17. The van der Waals surface area contributed by atoms with E-state index in [1.54, 1.807) is 19.4 Å². The van der Waals surface area contributed by atoms with E-state index in [4.69, 9.17) is 19.6 Å². The highest BCUT2D eigenvalue weighted by Gasteiger charge is 2.18. The molecule has 6 aromatic rings. The molecule has 0 unspecified atom stereocenters. The summed E-state index contributed by atoms with van der Waals surface area (Å²) in [6.07, 6.45) is 1.71. The first kappa shape index (κ1) is 31.2. The summed E-state index contributed by atoms with van der Waals surface area (Å²) in [4.78, 5) is 18.8. The van der Waals surface area contributed by atoms with Crippen molar-refractivity contribution in [3.05, 3.63) is 131 Å². The largest absolute Gasteiger partial charge is 0.496 e. The Labute approximate surface area is 289 Å². The molecule has 6 nitrogen and oxygen atoms in total. The number of methoxy groups -OCH3 is 1. The maximum atomic E-state index is 13.9. The number of halogens is 2. The van der Waals surface area contributed by atoms with E-state index in [0.29, 0.717) is 23.3 Å². The fourth-order valence-corrected chi connectivity index (χ4v) is 7.58. The molecule has 0 N–H and O–H groups in total. The van der Waals surface area contributed by atoms with Crippen molar-refractivity contribution in [2.75, 3.05) is 7.11 Å². The van der Waals surface area contributed by atoms with E-state index in [0.717, 1.165) is 46.5 Å². The third kappa shape index (κ3) is 6.35. The van der Waals surface area contributed by atoms with E-state index in [9.17, 15) is 4.79 Å². The summed E-state index contributed by atoms with van der Waals surface area (Å²) in [6.45, 7) is 6.70. The predicted octanol–water partition coefficient (Wildman–Crippen LogP) is 9.33. The Morgan fingerprint density at radius 1 is 0.911 bits per heavy atom. The molecule has 45 heavy (non-hydrogen) atoms. The van der Waals surface area contributed by atoms with Gasteiger partial charge in [0.1, 0.15) is 18.1 Å². The SMILES string of the molecule is COc1cc(C)c(-c2nc3ccccc3c(=O)n2N=Cc2cc(I)c(OCc3cccc4ccccc34)c(I)c2)cc1C(C)C. The molecule has 5 aromatic carbocycles. The lowest BCUT2D eigenvalue weighted by Crippen LogP contribution is -2.21. The van der Waals surface area contributed by atoms with Crippen LogP contribution in [-0.4, -0.2) is 23.0 Å². The lowest BCUT2D eigenvalue weighted by molar-refractivity contribution is 0.303. The maximum absolute atomic E-state index is 13.9. The van der Waals surface area contributed by atoms with Gasteiger partial charge in [-0.2, -0.15) is 9.78 Å². The quantitative estimate of drug-likeness (QED) is 0.114. The number of rotatable bonds is 8. The number of aromatic nitrogens is 2. The van der Waals surface area contributed by atoms with Crippen LogP contribution in [0.25, 0.3) is 33.1 Å². The van der Waals surface area contributed by atoms with Crippen LogP contribution in [0.2, 0.25) is 0 Å². The first-order chi connectivity index (χ1) is 21.7. The summed E-state index contributed by atoms with van der Waals surface area (Å²) in [5.74, 6) is 2.34. The Bertz CT molecular complexity index is 2130. The Morgan fingerprint density at radius 3 is 2.33 bits per heavy atom. The van der Waals surface area contributed by atoms with E-state index in [1.165, 1.54) is 15.4 Å². The van der Waals surface area contributed by atoms with Gasteiger partial charge in [-0.1, -0.05) is 68.4 Å². The molecular weight excluding hydrogens is 788 g/mol. The summed E-state index contributed by atoms with van der Waals surface area (Å²) >= 11 is 4.59. The molecule has 0 aliphatic heterocycles. The molecule has 226 valence electrons. The number of para-hydroxylation sites is 1. The van der Waals surface area contributed by atoms with E-state index < -0.39 is 0 Å². The number of nitrogens with zero attached hydrogens (tertiary/aromatic N) is 3. The smallest absolute Gasteiger partial charge is 0.282 e. The van der Waals surface area contributed by atoms with Gasteiger partial charge in [-0.15, -0.1) is 0 Å². The summed E-state index contributed by atoms with van der Waals surface area (Å²) in [7, 11) is 1.68. The van der Waals surface area contributed by atoms with Crippen LogP contribution < -0.4 is 15.0 Å². The molecule has 0 bridgehead atoms. The number of hydrogen-bond donors (Lipinski definition) is 0. The van der Waals surface area contributed by atoms with Crippen LogP contribution in [0.15, 0.2) is 101 Å². The number of fused-ring (bicyclic) bond motifs is 2. The highest BCUT2D eigenvalue weighted by Crippen LogP contribution is 2.34. The minimum Gasteiger partial charge on any atom is -0.496 e. The second kappa shape index (κ2) is 13.3. The van der Waals surface area contributed by atoms with Crippen LogP contribution in [-0.2, 0) is 6.61 Å². The summed E-state index contributed by atoms with van der Waals surface area (Å²) in [5, 5.41) is 7.63. The van der Waals surface area contributed by atoms with Gasteiger partial charge < -0.3 is 9.47 Å². The molecule has 0 spiro atoms. The van der Waals surface area contributed by atoms with Crippen molar-refractivity contribution < 1.29 is 9.47 Å². The molecular formula is C37H31I2N3O3. The van der Waals surface area contributed by atoms with Gasteiger partial charge in [0.2, 0.25) is 0 Å². The molecule has 0 aliphatic carbocycles. The van der Waals surface area contributed by atoms with E-state index in [-0.39, 0.29) is 11.5 Å². The van der Waals surface area contributed by atoms with Crippen LogP contribution >= 0.6 is 45.2 Å². The van der Waals surface area contributed by atoms with Crippen molar-refractivity contribution in [3.63, 3.8) is 0 Å². The van der Waals surface area contributed by atoms with Crippen molar-refractivity contribution in [1.29, 1.82) is 0 Å². The zero-order chi connectivity index (χ0) is 31.7. The zero-order valence-electron chi connectivity index (χ0n) is 25.3. The maximum Gasteiger partial charge on any atom is 0.282 e. The van der Waals surface area contributed by atoms with Crippen LogP contribution in [0.1, 0.15) is 42.0 Å². The van der Waals surface area contributed by atoms with Gasteiger partial charge in [0.15, 0.2) is 5.82 Å². The normalized spacial score (nSPS) is 11.6. The standard InChI is InChI=1S/C37H31I2N3O3/c1-22(2)29-19-30(23(3)16-34(29)44-4)36-41-33-15-8-7-14-28(33)37(43)42(36)40-20-24-17-31(38)35(32(39)18-24)45-21-26-12-9-11-25-10-5-6-13-27(25)26/h5-20,22H,21H2,1-4H3. The fraction of sp³-hybridized carbons (Fsp3) is 0.162. The number of ether oxygens (including phenoxy) is 2. The third-order valence-electron chi connectivity index (χ3n) is 7.79. The monoisotopic (exact) mass is 819 g/mol. The summed E-state index contributed by atoms with van der Waals surface area (Å²) in [5.41, 5.74) is 5.20. The predicted molar refractivity (Wildman–Crippen MR) is 200 cm³/mol. The minimum absolute atomic E-state index is 0.217. The fourth-order valence-electron chi connectivity index (χ4n) is 5.46. The first-order valence-corrected chi connectivity index (χ1v) is 16.7. The highest BCUT2D eigenvalue weighted by molar-refractivity contribution is 14.1. The van der Waals surface area contributed by atoms with Crippen molar-refractivity contribution in [2.45, 2.75) is 33.3 Å². The van der Waals surface area contributed by atoms with Crippen molar-refractivity contribution in [2.24, 2.45) is 5.10 Å².